The molecule has 0 aromatic carbocycles. The second-order valence-corrected chi connectivity index (χ2v) is 3.69. The van der Waals surface area contributed by atoms with Gasteiger partial charge in [-0.05, 0) is 12.3 Å². The van der Waals surface area contributed by atoms with E-state index >= 15 is 0 Å². The van der Waals surface area contributed by atoms with E-state index in [2.05, 4.69) is 18.8 Å². The Balaban J connectivity index is 2.17. The minimum Gasteiger partial charge on any atom is -0.463 e. The number of esters is 1. The van der Waals surface area contributed by atoms with Crippen molar-refractivity contribution < 1.29 is 14.1 Å². The standard InChI is InChI=1S/C10H16N2O2/c1-9(2)3-6-14-10(13)7-12-5-4-11-8-12/h4-5,8-9H,3,6-7H2,1-2H3/p+1. The predicted molar refractivity (Wildman–Crippen MR) is 51.4 cm³/mol. The first-order valence-electron chi connectivity index (χ1n) is 4.86. The Hall–Kier alpha value is -1.32. The summed E-state index contributed by atoms with van der Waals surface area (Å²) in [4.78, 5) is 14.1. The van der Waals surface area contributed by atoms with E-state index in [0.29, 0.717) is 12.5 Å². The maximum absolute atomic E-state index is 11.2. The minimum absolute atomic E-state index is 0.185. The molecule has 0 atom stereocenters. The molecule has 0 spiro atoms. The fourth-order valence-corrected chi connectivity index (χ4v) is 1.02. The van der Waals surface area contributed by atoms with Gasteiger partial charge in [-0.25, -0.2) is 9.36 Å². The Kier molecular flexibility index (Phi) is 4.16. The fraction of sp³-hybridized carbons (Fsp3) is 0.600. The zero-order chi connectivity index (χ0) is 10.4. The Morgan fingerprint density at radius 2 is 2.36 bits per heavy atom. The summed E-state index contributed by atoms with van der Waals surface area (Å²) in [5, 5.41) is 0. The molecule has 1 heterocycles. The highest BCUT2D eigenvalue weighted by molar-refractivity contribution is 5.67. The molecule has 0 saturated heterocycles. The van der Waals surface area contributed by atoms with Gasteiger partial charge < -0.3 is 4.74 Å². The summed E-state index contributed by atoms with van der Waals surface area (Å²) in [6.45, 7) is 5.01. The van der Waals surface area contributed by atoms with Gasteiger partial charge in [-0.15, -0.1) is 0 Å². The number of aromatic nitrogens is 2. The zero-order valence-corrected chi connectivity index (χ0v) is 8.69. The predicted octanol–water partition coefficient (Wildman–Crippen LogP) is 0.891. The summed E-state index contributed by atoms with van der Waals surface area (Å²) in [6, 6.07) is 0. The molecule has 0 saturated carbocycles. The summed E-state index contributed by atoms with van der Waals surface area (Å²) in [5.74, 6) is 0.387. The lowest BCUT2D eigenvalue weighted by molar-refractivity contribution is -0.684. The Bertz CT molecular complexity index is 268. The van der Waals surface area contributed by atoms with Gasteiger partial charge in [0.25, 0.3) is 0 Å². The van der Waals surface area contributed by atoms with Gasteiger partial charge in [0.05, 0.1) is 6.61 Å². The first-order valence-corrected chi connectivity index (χ1v) is 4.86. The smallest absolute Gasteiger partial charge is 0.348 e. The number of nitrogens with one attached hydrogen (secondary N) is 1. The molecule has 1 aromatic rings. The van der Waals surface area contributed by atoms with Crippen LogP contribution >= 0.6 is 0 Å². The van der Waals surface area contributed by atoms with E-state index in [4.69, 9.17) is 4.74 Å². The third-order valence-corrected chi connectivity index (χ3v) is 1.87. The monoisotopic (exact) mass is 197 g/mol. The van der Waals surface area contributed by atoms with Gasteiger partial charge in [0, 0.05) is 0 Å². The summed E-state index contributed by atoms with van der Waals surface area (Å²) in [5.41, 5.74) is 0. The molecule has 78 valence electrons. The first kappa shape index (κ1) is 10.8. The van der Waals surface area contributed by atoms with Crippen LogP contribution in [0.2, 0.25) is 0 Å². The van der Waals surface area contributed by atoms with Crippen LogP contribution in [0.25, 0.3) is 0 Å². The number of carbonyl (C=O) groups is 1. The van der Waals surface area contributed by atoms with Crippen LogP contribution in [0, 0.1) is 5.92 Å². The lowest BCUT2D eigenvalue weighted by Crippen LogP contribution is -2.36. The quantitative estimate of drug-likeness (QED) is 0.563. The van der Waals surface area contributed by atoms with E-state index < -0.39 is 0 Å². The number of rotatable bonds is 5. The molecule has 1 N–H and O–H groups in total. The maximum Gasteiger partial charge on any atom is 0.348 e. The van der Waals surface area contributed by atoms with Crippen molar-refractivity contribution in [1.82, 2.24) is 4.98 Å². The molecule has 1 aromatic heterocycles. The Morgan fingerprint density at radius 1 is 1.57 bits per heavy atom. The highest BCUT2D eigenvalue weighted by atomic mass is 16.5. The minimum atomic E-state index is -0.185. The van der Waals surface area contributed by atoms with E-state index in [9.17, 15) is 4.79 Å². The molecular formula is C10H17N2O2+. The van der Waals surface area contributed by atoms with E-state index in [1.165, 1.54) is 0 Å². The van der Waals surface area contributed by atoms with Gasteiger partial charge in [-0.2, -0.15) is 0 Å². The summed E-state index contributed by atoms with van der Waals surface area (Å²) in [7, 11) is 0. The molecule has 0 aliphatic carbocycles. The fourth-order valence-electron chi connectivity index (χ4n) is 1.02. The molecule has 0 radical (unpaired) electrons. The van der Waals surface area contributed by atoms with Crippen LogP contribution in [0.15, 0.2) is 18.7 Å². The molecular weight excluding hydrogens is 180 g/mol. The molecule has 1 rings (SSSR count). The van der Waals surface area contributed by atoms with Crippen molar-refractivity contribution in [2.75, 3.05) is 6.61 Å². The van der Waals surface area contributed by atoms with Crippen molar-refractivity contribution in [2.24, 2.45) is 5.92 Å². The van der Waals surface area contributed by atoms with Crippen LogP contribution in [0.1, 0.15) is 20.3 Å². The van der Waals surface area contributed by atoms with E-state index in [0.717, 1.165) is 6.42 Å². The number of hydrogen-bond donors (Lipinski definition) is 1. The summed E-state index contributed by atoms with van der Waals surface area (Å²) < 4.78 is 6.80. The van der Waals surface area contributed by atoms with Crippen LogP contribution in [0.3, 0.4) is 0 Å². The molecule has 4 nitrogen and oxygen atoms in total. The topological polar surface area (TPSA) is 46.0 Å². The number of nitrogens with zero attached hydrogens (tertiary/aromatic N) is 1. The van der Waals surface area contributed by atoms with Gasteiger partial charge in [-0.1, -0.05) is 13.8 Å². The average molecular weight is 197 g/mol. The SMILES string of the molecule is CC(C)CCOC(=O)C[n+]1cc[nH]c1. The average Bonchev–Trinajstić information content (AvgIpc) is 2.56. The van der Waals surface area contributed by atoms with E-state index in [1.807, 2.05) is 0 Å². The van der Waals surface area contributed by atoms with Gasteiger partial charge >= 0.3 is 5.97 Å². The first-order chi connectivity index (χ1) is 6.68. The summed E-state index contributed by atoms with van der Waals surface area (Å²) >= 11 is 0. The Labute approximate surface area is 83.9 Å². The van der Waals surface area contributed by atoms with Crippen LogP contribution < -0.4 is 4.57 Å². The molecule has 0 unspecified atom stereocenters. The second kappa shape index (κ2) is 5.42. The second-order valence-electron chi connectivity index (χ2n) is 3.69. The van der Waals surface area contributed by atoms with Gasteiger partial charge in [0.1, 0.15) is 12.4 Å². The van der Waals surface area contributed by atoms with Crippen LogP contribution in [-0.2, 0) is 16.1 Å². The number of aromatic amines is 1. The number of imidazole rings is 1. The molecule has 0 amide bonds. The summed E-state index contributed by atoms with van der Waals surface area (Å²) in [6.07, 6.45) is 6.21. The van der Waals surface area contributed by atoms with Gasteiger partial charge in [-0.3, -0.25) is 4.98 Å². The Morgan fingerprint density at radius 3 is 2.93 bits per heavy atom. The van der Waals surface area contributed by atoms with Crippen molar-refractivity contribution in [3.8, 4) is 0 Å². The highest BCUT2D eigenvalue weighted by Gasteiger charge is 2.07. The number of hydrogen-bond acceptors (Lipinski definition) is 2. The van der Waals surface area contributed by atoms with Crippen molar-refractivity contribution in [3.63, 3.8) is 0 Å². The molecule has 0 aliphatic heterocycles. The van der Waals surface area contributed by atoms with Crippen molar-refractivity contribution >= 4 is 5.97 Å². The third kappa shape index (κ3) is 4.07. The van der Waals surface area contributed by atoms with Crippen molar-refractivity contribution in [3.05, 3.63) is 18.7 Å². The van der Waals surface area contributed by atoms with Gasteiger partial charge in [0.2, 0.25) is 6.33 Å². The molecule has 14 heavy (non-hydrogen) atoms. The van der Waals surface area contributed by atoms with Crippen molar-refractivity contribution in [1.29, 1.82) is 0 Å². The normalized spacial score (nSPS) is 10.5. The van der Waals surface area contributed by atoms with Crippen LogP contribution in [0.4, 0.5) is 0 Å². The molecule has 0 bridgehead atoms. The third-order valence-electron chi connectivity index (χ3n) is 1.87. The van der Waals surface area contributed by atoms with E-state index in [-0.39, 0.29) is 12.5 Å². The van der Waals surface area contributed by atoms with E-state index in [1.54, 1.807) is 23.3 Å². The maximum atomic E-state index is 11.2. The molecule has 0 fully saturated rings. The lowest BCUT2D eigenvalue weighted by atomic mass is 10.1. The van der Waals surface area contributed by atoms with Crippen molar-refractivity contribution in [2.45, 2.75) is 26.8 Å². The van der Waals surface area contributed by atoms with Crippen LogP contribution in [0.5, 0.6) is 0 Å². The zero-order valence-electron chi connectivity index (χ0n) is 8.69. The molecule has 4 heteroatoms. The molecule has 0 aliphatic rings. The largest absolute Gasteiger partial charge is 0.463 e. The van der Waals surface area contributed by atoms with Gasteiger partial charge in [0.15, 0.2) is 6.54 Å². The number of carbonyl (C=O) groups excluding carboxylic acids is 1. The van der Waals surface area contributed by atoms with Crippen LogP contribution in [-0.4, -0.2) is 17.6 Å². The number of H-pyrrole nitrogens is 1. The highest BCUT2D eigenvalue weighted by Crippen LogP contribution is 1.98. The lowest BCUT2D eigenvalue weighted by Gasteiger charge is -2.05. The number of ether oxygens (including phenoxy) is 1.